The smallest absolute Gasteiger partial charge is 0.338 e. The molecule has 1 atom stereocenters. The molecule has 0 radical (unpaired) electrons. The lowest BCUT2D eigenvalue weighted by Gasteiger charge is -2.17. The predicted octanol–water partition coefficient (Wildman–Crippen LogP) is 5.06. The van der Waals surface area contributed by atoms with E-state index in [1.807, 2.05) is 0 Å². The first-order valence-electron chi connectivity index (χ1n) is 7.80. The molecule has 0 bridgehead atoms. The number of para-hydroxylation sites is 1. The number of benzene rings is 2. The molecule has 1 heterocycles. The maximum atomic E-state index is 13.0. The van der Waals surface area contributed by atoms with Crippen molar-refractivity contribution in [1.29, 1.82) is 0 Å². The number of aromatic nitrogens is 1. The predicted molar refractivity (Wildman–Crippen MR) is 101 cm³/mol. The molecule has 3 rings (SSSR count). The van der Waals surface area contributed by atoms with Crippen LogP contribution in [0, 0.1) is 6.92 Å². The number of nitrogens with zero attached hydrogens (tertiary/aromatic N) is 1. The van der Waals surface area contributed by atoms with Crippen molar-refractivity contribution >= 4 is 46.0 Å². The molecule has 0 aliphatic carbocycles. The highest BCUT2D eigenvalue weighted by Gasteiger charge is 2.26. The van der Waals surface area contributed by atoms with E-state index >= 15 is 0 Å². The van der Waals surface area contributed by atoms with Gasteiger partial charge in [0.05, 0.1) is 16.1 Å². The molecule has 0 saturated carbocycles. The fourth-order valence-corrected chi connectivity index (χ4v) is 3.37. The molecule has 0 aliphatic rings. The zero-order valence-corrected chi connectivity index (χ0v) is 15.5. The van der Waals surface area contributed by atoms with Crippen molar-refractivity contribution in [1.82, 2.24) is 4.57 Å². The summed E-state index contributed by atoms with van der Waals surface area (Å²) in [6.07, 6.45) is -0.884. The summed E-state index contributed by atoms with van der Waals surface area (Å²) in [6, 6.07) is 11.6. The van der Waals surface area contributed by atoms with Gasteiger partial charge in [0.15, 0.2) is 6.10 Å². The average Bonchev–Trinajstić information content (AvgIpc) is 2.88. The highest BCUT2D eigenvalue weighted by Crippen LogP contribution is 2.30. The summed E-state index contributed by atoms with van der Waals surface area (Å²) in [5.41, 5.74) is 0.970. The minimum atomic E-state index is -1.08. The Kier molecular flexibility index (Phi) is 4.94. The number of ether oxygens (including phenoxy) is 1. The highest BCUT2D eigenvalue weighted by molar-refractivity contribution is 6.35. The summed E-state index contributed by atoms with van der Waals surface area (Å²) in [5.74, 6) is -1.15. The molecule has 0 fully saturated rings. The van der Waals surface area contributed by atoms with Gasteiger partial charge in [-0.3, -0.25) is 9.36 Å². The number of hydrogen-bond acceptors (Lipinski definition) is 3. The van der Waals surface area contributed by atoms with E-state index in [0.717, 1.165) is 0 Å². The summed E-state index contributed by atoms with van der Waals surface area (Å²) in [7, 11) is 0. The van der Waals surface area contributed by atoms with E-state index in [0.29, 0.717) is 27.4 Å². The lowest BCUT2D eigenvalue weighted by atomic mass is 10.1. The SMILES string of the molecule is Cc1c(C(=O)O)c2ccccc2n1C(=O)[C@@H](C)Oc1ccc(Cl)cc1Cl. The second-order valence-corrected chi connectivity index (χ2v) is 6.63. The van der Waals surface area contributed by atoms with Crippen LogP contribution in [0.4, 0.5) is 0 Å². The van der Waals surface area contributed by atoms with Gasteiger partial charge in [-0.05, 0) is 38.1 Å². The van der Waals surface area contributed by atoms with Crippen molar-refractivity contribution in [3.05, 3.63) is 63.8 Å². The van der Waals surface area contributed by atoms with Crippen LogP contribution < -0.4 is 4.74 Å². The average molecular weight is 392 g/mol. The molecule has 134 valence electrons. The molecule has 5 nitrogen and oxygen atoms in total. The lowest BCUT2D eigenvalue weighted by molar-refractivity contribution is 0.0697. The van der Waals surface area contributed by atoms with Gasteiger partial charge in [-0.1, -0.05) is 41.4 Å². The summed E-state index contributed by atoms with van der Waals surface area (Å²) in [6.45, 7) is 3.19. The molecule has 1 N–H and O–H groups in total. The van der Waals surface area contributed by atoms with Gasteiger partial charge < -0.3 is 9.84 Å². The molecule has 0 saturated heterocycles. The maximum Gasteiger partial charge on any atom is 0.338 e. The monoisotopic (exact) mass is 391 g/mol. The number of rotatable bonds is 4. The van der Waals surface area contributed by atoms with Crippen molar-refractivity contribution < 1.29 is 19.4 Å². The van der Waals surface area contributed by atoms with Crippen LogP contribution in [-0.4, -0.2) is 27.7 Å². The summed E-state index contributed by atoms with van der Waals surface area (Å²) in [5, 5.41) is 10.8. The largest absolute Gasteiger partial charge is 0.479 e. The summed E-state index contributed by atoms with van der Waals surface area (Å²) < 4.78 is 7.05. The van der Waals surface area contributed by atoms with E-state index < -0.39 is 18.0 Å². The Bertz CT molecular complexity index is 1030. The molecule has 2 aromatic carbocycles. The minimum Gasteiger partial charge on any atom is -0.479 e. The van der Waals surface area contributed by atoms with Crippen LogP contribution in [0.25, 0.3) is 10.9 Å². The molecule has 1 aromatic heterocycles. The second kappa shape index (κ2) is 7.02. The third-order valence-corrected chi connectivity index (χ3v) is 4.62. The Labute approximate surface area is 159 Å². The lowest BCUT2D eigenvalue weighted by Crippen LogP contribution is -2.30. The van der Waals surface area contributed by atoms with Gasteiger partial charge in [0.2, 0.25) is 0 Å². The van der Waals surface area contributed by atoms with Gasteiger partial charge in [-0.15, -0.1) is 0 Å². The number of aromatic carboxylic acids is 1. The van der Waals surface area contributed by atoms with E-state index in [1.54, 1.807) is 50.2 Å². The molecular formula is C19H15Cl2NO4. The van der Waals surface area contributed by atoms with E-state index in [2.05, 4.69) is 0 Å². The third kappa shape index (κ3) is 3.16. The van der Waals surface area contributed by atoms with Gasteiger partial charge in [0.25, 0.3) is 5.91 Å². The van der Waals surface area contributed by atoms with Crippen LogP contribution in [0.2, 0.25) is 10.0 Å². The summed E-state index contributed by atoms with van der Waals surface area (Å²) >= 11 is 12.0. The molecule has 26 heavy (non-hydrogen) atoms. The molecule has 0 spiro atoms. The number of carboxylic acids is 1. The number of carbonyl (C=O) groups is 2. The first kappa shape index (κ1) is 18.3. The Morgan fingerprint density at radius 2 is 1.85 bits per heavy atom. The van der Waals surface area contributed by atoms with Gasteiger partial charge in [0, 0.05) is 16.1 Å². The second-order valence-electron chi connectivity index (χ2n) is 5.79. The van der Waals surface area contributed by atoms with Gasteiger partial charge in [-0.2, -0.15) is 0 Å². The van der Waals surface area contributed by atoms with Crippen LogP contribution in [0.1, 0.15) is 27.8 Å². The number of fused-ring (bicyclic) bond motifs is 1. The van der Waals surface area contributed by atoms with E-state index in [-0.39, 0.29) is 10.6 Å². The maximum absolute atomic E-state index is 13.0. The van der Waals surface area contributed by atoms with Gasteiger partial charge >= 0.3 is 5.97 Å². The minimum absolute atomic E-state index is 0.102. The summed E-state index contributed by atoms with van der Waals surface area (Å²) in [4.78, 5) is 24.6. The molecule has 7 heteroatoms. The topological polar surface area (TPSA) is 68.5 Å². The quantitative estimate of drug-likeness (QED) is 0.674. The van der Waals surface area contributed by atoms with E-state index in [9.17, 15) is 14.7 Å². The first-order chi connectivity index (χ1) is 12.3. The van der Waals surface area contributed by atoms with Crippen molar-refractivity contribution in [2.75, 3.05) is 0 Å². The van der Waals surface area contributed by atoms with Crippen LogP contribution in [-0.2, 0) is 0 Å². The van der Waals surface area contributed by atoms with Crippen molar-refractivity contribution in [3.63, 3.8) is 0 Å². The molecule has 0 aliphatic heterocycles. The van der Waals surface area contributed by atoms with Crippen LogP contribution in [0.15, 0.2) is 42.5 Å². The number of halogens is 2. The zero-order chi connectivity index (χ0) is 19.0. The normalized spacial score (nSPS) is 12.2. The Morgan fingerprint density at radius 1 is 1.15 bits per heavy atom. The molecule has 3 aromatic rings. The van der Waals surface area contributed by atoms with Gasteiger partial charge in [-0.25, -0.2) is 4.79 Å². The van der Waals surface area contributed by atoms with Crippen LogP contribution in [0.3, 0.4) is 0 Å². The van der Waals surface area contributed by atoms with Gasteiger partial charge in [0.1, 0.15) is 5.75 Å². The molecular weight excluding hydrogens is 377 g/mol. The van der Waals surface area contributed by atoms with Crippen molar-refractivity contribution in [2.24, 2.45) is 0 Å². The van der Waals surface area contributed by atoms with Crippen molar-refractivity contribution in [3.8, 4) is 5.75 Å². The Balaban J connectivity index is 2.02. The van der Waals surface area contributed by atoms with E-state index in [4.69, 9.17) is 27.9 Å². The van der Waals surface area contributed by atoms with E-state index in [1.165, 1.54) is 10.6 Å². The third-order valence-electron chi connectivity index (χ3n) is 4.09. The van der Waals surface area contributed by atoms with Crippen LogP contribution in [0.5, 0.6) is 5.75 Å². The highest BCUT2D eigenvalue weighted by atomic mass is 35.5. The number of carboxylic acid groups (broad SMARTS) is 1. The fourth-order valence-electron chi connectivity index (χ4n) is 2.91. The number of hydrogen-bond donors (Lipinski definition) is 1. The first-order valence-corrected chi connectivity index (χ1v) is 8.56. The fraction of sp³-hybridized carbons (Fsp3) is 0.158. The van der Waals surface area contributed by atoms with Crippen LogP contribution >= 0.6 is 23.2 Å². The molecule has 0 amide bonds. The van der Waals surface area contributed by atoms with Crippen molar-refractivity contribution in [2.45, 2.75) is 20.0 Å². The zero-order valence-electron chi connectivity index (χ0n) is 14.0. The molecule has 0 unspecified atom stereocenters. The standard InChI is InChI=1S/C19H15Cl2NO4/c1-10-17(19(24)25)13-5-3-4-6-15(13)22(10)18(23)11(2)26-16-8-7-12(20)9-14(16)21/h3-9,11H,1-2H3,(H,24,25)/t11-/m1/s1. The Hall–Kier alpha value is -2.50. The number of carbonyl (C=O) groups excluding carboxylic acids is 1. The Morgan fingerprint density at radius 3 is 2.50 bits per heavy atom.